The van der Waals surface area contributed by atoms with Crippen molar-refractivity contribution >= 4 is 17.4 Å². The number of aromatic amines is 1. The van der Waals surface area contributed by atoms with Crippen LogP contribution in [0.25, 0.3) is 0 Å². The zero-order valence-corrected chi connectivity index (χ0v) is 15.7. The van der Waals surface area contributed by atoms with Gasteiger partial charge in [-0.15, -0.1) is 0 Å². The van der Waals surface area contributed by atoms with E-state index in [1.165, 1.54) is 16.9 Å². The molecule has 0 atom stereocenters. The largest absolute Gasteiger partial charge is 0.467 e. The average Bonchev–Trinajstić information content (AvgIpc) is 3.19. The van der Waals surface area contributed by atoms with Gasteiger partial charge in [-0.1, -0.05) is 13.3 Å². The number of carbonyl (C=O) groups excluding carboxylic acids is 1. The standard InChI is InChI=1S/C19H20FN5O4/c1-2-3-8-24-16(21)15(17(26)23-19(24)28)25(11-13-5-4-9-29-13)18(27)12-6-7-22-14(20)10-12/h4-7,9-10H,2-3,8,11,21H2,1H3,(H,23,26,28). The van der Waals surface area contributed by atoms with Gasteiger partial charge in [-0.2, -0.15) is 4.39 Å². The van der Waals surface area contributed by atoms with Crippen LogP contribution >= 0.6 is 0 Å². The molecule has 3 heterocycles. The summed E-state index contributed by atoms with van der Waals surface area (Å²) in [7, 11) is 0. The molecule has 0 fully saturated rings. The highest BCUT2D eigenvalue weighted by Crippen LogP contribution is 2.22. The fraction of sp³-hybridized carbons (Fsp3) is 0.263. The first-order valence-electron chi connectivity index (χ1n) is 9.00. The minimum atomic E-state index is -0.844. The normalized spacial score (nSPS) is 10.8. The topological polar surface area (TPSA) is 127 Å². The first-order chi connectivity index (χ1) is 13.9. The van der Waals surface area contributed by atoms with Crippen LogP contribution in [0.15, 0.2) is 50.7 Å². The van der Waals surface area contributed by atoms with Gasteiger partial charge in [0, 0.05) is 24.4 Å². The molecule has 0 aliphatic rings. The highest BCUT2D eigenvalue weighted by Gasteiger charge is 2.26. The molecule has 152 valence electrons. The average molecular weight is 401 g/mol. The second kappa shape index (κ2) is 8.55. The van der Waals surface area contributed by atoms with Crippen molar-refractivity contribution in [3.63, 3.8) is 0 Å². The molecule has 0 saturated heterocycles. The molecule has 0 aliphatic carbocycles. The summed E-state index contributed by atoms with van der Waals surface area (Å²) in [5, 5.41) is 0. The van der Waals surface area contributed by atoms with Crippen molar-refractivity contribution < 1.29 is 13.6 Å². The summed E-state index contributed by atoms with van der Waals surface area (Å²) in [6, 6.07) is 5.51. The Bertz CT molecular complexity index is 1120. The van der Waals surface area contributed by atoms with Gasteiger partial charge in [-0.3, -0.25) is 24.0 Å². The zero-order chi connectivity index (χ0) is 21.0. The number of pyridine rings is 1. The number of nitrogens with two attached hydrogens (primary N) is 1. The predicted octanol–water partition coefficient (Wildman–Crippen LogP) is 1.89. The molecule has 0 radical (unpaired) electrons. The number of carbonyl (C=O) groups is 1. The summed E-state index contributed by atoms with van der Waals surface area (Å²) in [4.78, 5) is 44.6. The first-order valence-corrected chi connectivity index (χ1v) is 9.00. The van der Waals surface area contributed by atoms with E-state index in [1.54, 1.807) is 12.1 Å². The number of nitrogens with one attached hydrogen (secondary N) is 1. The summed E-state index contributed by atoms with van der Waals surface area (Å²) in [5.74, 6) is -1.32. The number of halogens is 1. The van der Waals surface area contributed by atoms with Crippen LogP contribution in [0.3, 0.4) is 0 Å². The van der Waals surface area contributed by atoms with Gasteiger partial charge in [0.25, 0.3) is 11.5 Å². The lowest BCUT2D eigenvalue weighted by Gasteiger charge is -2.23. The summed E-state index contributed by atoms with van der Waals surface area (Å²) >= 11 is 0. The molecule has 10 heteroatoms. The summed E-state index contributed by atoms with van der Waals surface area (Å²) < 4.78 is 20.0. The van der Waals surface area contributed by atoms with Crippen LogP contribution in [0, 0.1) is 5.95 Å². The molecule has 3 aromatic heterocycles. The molecule has 9 nitrogen and oxygen atoms in total. The Balaban J connectivity index is 2.15. The van der Waals surface area contributed by atoms with Gasteiger partial charge in [0.15, 0.2) is 5.69 Å². The van der Waals surface area contributed by atoms with Crippen LogP contribution < -0.4 is 21.9 Å². The van der Waals surface area contributed by atoms with E-state index in [2.05, 4.69) is 9.97 Å². The highest BCUT2D eigenvalue weighted by molar-refractivity contribution is 6.07. The molecule has 3 N–H and O–H groups in total. The highest BCUT2D eigenvalue weighted by atomic mass is 19.1. The van der Waals surface area contributed by atoms with E-state index in [1.807, 2.05) is 6.92 Å². The number of anilines is 2. The maximum atomic E-state index is 13.5. The lowest BCUT2D eigenvalue weighted by Crippen LogP contribution is -2.41. The Hall–Kier alpha value is -3.69. The number of hydrogen-bond acceptors (Lipinski definition) is 6. The van der Waals surface area contributed by atoms with E-state index in [-0.39, 0.29) is 30.2 Å². The lowest BCUT2D eigenvalue weighted by atomic mass is 10.2. The number of hydrogen-bond donors (Lipinski definition) is 2. The van der Waals surface area contributed by atoms with Crippen molar-refractivity contribution in [3.05, 3.63) is 74.8 Å². The second-order valence-corrected chi connectivity index (χ2v) is 6.34. The molecule has 0 bridgehead atoms. The Labute approximate surface area is 164 Å². The SMILES string of the molecule is CCCCn1c(N)c(N(Cc2ccco2)C(=O)c2ccnc(F)c2)c(=O)[nH]c1=O. The lowest BCUT2D eigenvalue weighted by molar-refractivity contribution is 0.0982. The number of nitrogens with zero attached hydrogens (tertiary/aromatic N) is 3. The van der Waals surface area contributed by atoms with Crippen LogP contribution in [0.2, 0.25) is 0 Å². The Morgan fingerprint density at radius 3 is 2.83 bits per heavy atom. The molecule has 3 aromatic rings. The second-order valence-electron chi connectivity index (χ2n) is 6.34. The number of nitrogen functional groups attached to an aromatic ring is 1. The Morgan fingerprint density at radius 2 is 2.17 bits per heavy atom. The van der Waals surface area contributed by atoms with Crippen LogP contribution in [-0.2, 0) is 13.1 Å². The fourth-order valence-electron chi connectivity index (χ4n) is 2.88. The van der Waals surface area contributed by atoms with E-state index in [9.17, 15) is 18.8 Å². The predicted molar refractivity (Wildman–Crippen MR) is 104 cm³/mol. The molecule has 0 aromatic carbocycles. The molecule has 3 rings (SSSR count). The van der Waals surface area contributed by atoms with Crippen molar-refractivity contribution in [1.29, 1.82) is 0 Å². The quantitative estimate of drug-likeness (QED) is 0.582. The smallest absolute Gasteiger partial charge is 0.330 e. The van der Waals surface area contributed by atoms with Crippen LogP contribution in [-0.4, -0.2) is 20.4 Å². The van der Waals surface area contributed by atoms with Gasteiger partial charge in [0.05, 0.1) is 12.8 Å². The molecule has 0 aliphatic heterocycles. The molecule has 1 amide bonds. The van der Waals surface area contributed by atoms with E-state index >= 15 is 0 Å². The van der Waals surface area contributed by atoms with Crippen molar-refractivity contribution in [3.8, 4) is 0 Å². The number of furan rings is 1. The maximum Gasteiger partial charge on any atom is 0.330 e. The van der Waals surface area contributed by atoms with Gasteiger partial charge in [-0.25, -0.2) is 9.78 Å². The Kier molecular flexibility index (Phi) is 5.91. The number of aromatic nitrogens is 3. The molecular weight excluding hydrogens is 381 g/mol. The molecule has 0 saturated carbocycles. The van der Waals surface area contributed by atoms with E-state index in [0.717, 1.165) is 23.6 Å². The molecule has 29 heavy (non-hydrogen) atoms. The van der Waals surface area contributed by atoms with Gasteiger partial charge < -0.3 is 10.2 Å². The third-order valence-electron chi connectivity index (χ3n) is 4.33. The van der Waals surface area contributed by atoms with Gasteiger partial charge >= 0.3 is 5.69 Å². The monoisotopic (exact) mass is 401 g/mol. The van der Waals surface area contributed by atoms with Crippen molar-refractivity contribution in [2.24, 2.45) is 0 Å². The van der Waals surface area contributed by atoms with Crippen molar-refractivity contribution in [2.45, 2.75) is 32.9 Å². The number of unbranched alkanes of at least 4 members (excludes halogenated alkanes) is 1. The van der Waals surface area contributed by atoms with E-state index < -0.39 is 23.1 Å². The zero-order valence-electron chi connectivity index (χ0n) is 15.7. The van der Waals surface area contributed by atoms with Crippen LogP contribution in [0.5, 0.6) is 0 Å². The van der Waals surface area contributed by atoms with E-state index in [4.69, 9.17) is 10.2 Å². The maximum absolute atomic E-state index is 13.5. The molecular formula is C19H20FN5O4. The summed E-state index contributed by atoms with van der Waals surface area (Å²) in [5.41, 5.74) is 4.40. The van der Waals surface area contributed by atoms with Crippen LogP contribution in [0.4, 0.5) is 15.9 Å². The third-order valence-corrected chi connectivity index (χ3v) is 4.33. The molecule has 0 unspecified atom stereocenters. The number of rotatable bonds is 7. The van der Waals surface area contributed by atoms with Gasteiger partial charge in [0.1, 0.15) is 11.6 Å². The summed E-state index contributed by atoms with van der Waals surface area (Å²) in [6.45, 7) is 2.07. The minimum Gasteiger partial charge on any atom is -0.467 e. The summed E-state index contributed by atoms with van der Waals surface area (Å²) in [6.07, 6.45) is 4.01. The van der Waals surface area contributed by atoms with Gasteiger partial charge in [-0.05, 0) is 24.6 Å². The van der Waals surface area contributed by atoms with Crippen molar-refractivity contribution in [1.82, 2.24) is 14.5 Å². The van der Waals surface area contributed by atoms with E-state index in [0.29, 0.717) is 12.2 Å². The third kappa shape index (κ3) is 4.26. The Morgan fingerprint density at radius 1 is 1.38 bits per heavy atom. The first kappa shape index (κ1) is 20.1. The van der Waals surface area contributed by atoms with Gasteiger partial charge in [0.2, 0.25) is 5.95 Å². The number of H-pyrrole nitrogens is 1. The fourth-order valence-corrected chi connectivity index (χ4v) is 2.88. The number of amides is 1. The van der Waals surface area contributed by atoms with Crippen molar-refractivity contribution in [2.75, 3.05) is 10.6 Å². The van der Waals surface area contributed by atoms with Crippen LogP contribution in [0.1, 0.15) is 35.9 Å². The minimum absolute atomic E-state index is 0.0332. The molecule has 0 spiro atoms.